The summed E-state index contributed by atoms with van der Waals surface area (Å²) < 4.78 is 7.54. The lowest BCUT2D eigenvalue weighted by atomic mass is 10.1. The van der Waals surface area contributed by atoms with E-state index >= 15 is 0 Å². The zero-order valence-electron chi connectivity index (χ0n) is 19.8. The summed E-state index contributed by atoms with van der Waals surface area (Å²) in [5.41, 5.74) is 5.33. The summed E-state index contributed by atoms with van der Waals surface area (Å²) in [5.74, 6) is 1.48. The van der Waals surface area contributed by atoms with Gasteiger partial charge in [-0.25, -0.2) is 4.98 Å². The zero-order chi connectivity index (χ0) is 25.2. The van der Waals surface area contributed by atoms with Crippen molar-refractivity contribution < 1.29 is 9.21 Å². The number of benzene rings is 2. The third-order valence-corrected chi connectivity index (χ3v) is 7.87. The highest BCUT2D eigenvalue weighted by Gasteiger charge is 2.20. The molecule has 0 aliphatic rings. The molecule has 0 fully saturated rings. The predicted molar refractivity (Wildman–Crippen MR) is 144 cm³/mol. The Morgan fingerprint density at radius 3 is 2.69 bits per heavy atom. The number of nitrogens with zero attached hydrogens (tertiary/aromatic N) is 4. The Balaban J connectivity index is 1.36. The number of amides is 1. The highest BCUT2D eigenvalue weighted by Crippen LogP contribution is 2.33. The van der Waals surface area contributed by atoms with E-state index in [-0.39, 0.29) is 5.91 Å². The number of nitrogens with one attached hydrogen (secondary N) is 1. The zero-order valence-corrected chi connectivity index (χ0v) is 22.2. The maximum Gasteiger partial charge on any atom is 0.275 e. The number of rotatable bonds is 7. The van der Waals surface area contributed by atoms with Crippen molar-refractivity contribution in [3.05, 3.63) is 92.6 Å². The Labute approximate surface area is 221 Å². The van der Waals surface area contributed by atoms with E-state index in [1.54, 1.807) is 11.6 Å². The number of furan rings is 1. The normalized spacial score (nSPS) is 11.1. The quantitative estimate of drug-likeness (QED) is 0.223. The Morgan fingerprint density at radius 2 is 1.92 bits per heavy atom. The molecule has 36 heavy (non-hydrogen) atoms. The molecule has 5 aromatic rings. The van der Waals surface area contributed by atoms with E-state index in [4.69, 9.17) is 16.0 Å². The molecule has 0 bridgehead atoms. The average Bonchev–Trinajstić information content (AvgIpc) is 3.62. The van der Waals surface area contributed by atoms with Crippen molar-refractivity contribution in [3.8, 4) is 17.3 Å². The molecule has 182 valence electrons. The monoisotopic (exact) mass is 535 g/mol. The summed E-state index contributed by atoms with van der Waals surface area (Å²) in [7, 11) is 0. The van der Waals surface area contributed by atoms with Gasteiger partial charge in [0.15, 0.2) is 10.9 Å². The number of carbonyl (C=O) groups is 1. The van der Waals surface area contributed by atoms with Crippen LogP contribution in [-0.4, -0.2) is 25.7 Å². The molecule has 0 aliphatic heterocycles. The number of aromatic nitrogens is 4. The molecule has 5 rings (SSSR count). The maximum atomic E-state index is 12.7. The molecule has 3 aromatic heterocycles. The molecule has 0 atom stereocenters. The van der Waals surface area contributed by atoms with Crippen LogP contribution in [0.1, 0.15) is 32.2 Å². The molecule has 0 saturated carbocycles. The largest absolute Gasteiger partial charge is 0.461 e. The van der Waals surface area contributed by atoms with Crippen LogP contribution in [-0.2, 0) is 5.75 Å². The van der Waals surface area contributed by atoms with Gasteiger partial charge in [0, 0.05) is 16.1 Å². The summed E-state index contributed by atoms with van der Waals surface area (Å²) in [6, 6.07) is 15.2. The fraction of sp³-hybridized carbons (Fsp3) is 0.154. The van der Waals surface area contributed by atoms with Gasteiger partial charge in [-0.2, -0.15) is 0 Å². The highest BCUT2D eigenvalue weighted by molar-refractivity contribution is 7.98. The van der Waals surface area contributed by atoms with E-state index in [9.17, 15) is 4.79 Å². The molecule has 0 aliphatic carbocycles. The maximum absolute atomic E-state index is 12.7. The van der Waals surface area contributed by atoms with Gasteiger partial charge in [-0.1, -0.05) is 35.5 Å². The van der Waals surface area contributed by atoms with Gasteiger partial charge >= 0.3 is 0 Å². The number of hydrogen-bond acceptors (Lipinski definition) is 7. The lowest BCUT2D eigenvalue weighted by Crippen LogP contribution is -2.12. The van der Waals surface area contributed by atoms with Gasteiger partial charge in [-0.05, 0) is 73.9 Å². The van der Waals surface area contributed by atoms with Gasteiger partial charge < -0.3 is 9.73 Å². The van der Waals surface area contributed by atoms with Crippen LogP contribution in [0.15, 0.2) is 69.7 Å². The van der Waals surface area contributed by atoms with Crippen LogP contribution < -0.4 is 5.32 Å². The van der Waals surface area contributed by atoms with Crippen molar-refractivity contribution in [2.75, 3.05) is 5.32 Å². The van der Waals surface area contributed by atoms with Crippen LogP contribution in [0.25, 0.3) is 17.3 Å². The molecular weight excluding hydrogens is 514 g/mol. The second-order valence-corrected chi connectivity index (χ2v) is 10.5. The van der Waals surface area contributed by atoms with E-state index < -0.39 is 0 Å². The number of anilines is 1. The van der Waals surface area contributed by atoms with Crippen LogP contribution in [0.3, 0.4) is 0 Å². The minimum atomic E-state index is -0.233. The molecule has 0 unspecified atom stereocenters. The summed E-state index contributed by atoms with van der Waals surface area (Å²) in [5, 5.41) is 15.6. The molecule has 0 spiro atoms. The van der Waals surface area contributed by atoms with Gasteiger partial charge in [0.2, 0.25) is 5.82 Å². The van der Waals surface area contributed by atoms with E-state index in [0.717, 1.165) is 27.5 Å². The van der Waals surface area contributed by atoms with E-state index in [2.05, 4.69) is 20.5 Å². The molecule has 2 aromatic carbocycles. The third kappa shape index (κ3) is 5.09. The first-order valence-electron chi connectivity index (χ1n) is 11.1. The summed E-state index contributed by atoms with van der Waals surface area (Å²) in [6.07, 6.45) is 1.60. The van der Waals surface area contributed by atoms with Gasteiger partial charge in [-0.3, -0.25) is 9.36 Å². The lowest BCUT2D eigenvalue weighted by molar-refractivity contribution is 0.102. The number of halogens is 1. The van der Waals surface area contributed by atoms with E-state index in [0.29, 0.717) is 33.2 Å². The van der Waals surface area contributed by atoms with E-state index in [1.807, 2.05) is 73.9 Å². The first-order chi connectivity index (χ1) is 17.4. The van der Waals surface area contributed by atoms with Crippen molar-refractivity contribution >= 4 is 46.3 Å². The first kappa shape index (κ1) is 24.3. The molecular formula is C26H22ClN5O2S2. The number of hydrogen-bond donors (Lipinski definition) is 1. The molecule has 0 saturated heterocycles. The van der Waals surface area contributed by atoms with Crippen LogP contribution in [0.4, 0.5) is 5.69 Å². The first-order valence-corrected chi connectivity index (χ1v) is 13.3. The van der Waals surface area contributed by atoms with E-state index in [1.165, 1.54) is 28.7 Å². The SMILES string of the molecule is Cc1ccc(NC(=O)c2csc(CSc3nnc(-c4ccco4)n3-c3cc(Cl)ccc3C)n2)cc1C. The molecule has 7 nitrogen and oxygen atoms in total. The molecule has 0 radical (unpaired) electrons. The van der Waals surface area contributed by atoms with Crippen LogP contribution in [0, 0.1) is 20.8 Å². The summed E-state index contributed by atoms with van der Waals surface area (Å²) in [6.45, 7) is 6.06. The van der Waals surface area contributed by atoms with Crippen LogP contribution >= 0.6 is 34.7 Å². The predicted octanol–water partition coefficient (Wildman–Crippen LogP) is 7.11. The molecule has 3 heterocycles. The van der Waals surface area contributed by atoms with Crippen molar-refractivity contribution in [2.24, 2.45) is 0 Å². The fourth-order valence-corrected chi connectivity index (χ4v) is 5.49. The van der Waals surface area contributed by atoms with Crippen LogP contribution in [0.5, 0.6) is 0 Å². The van der Waals surface area contributed by atoms with Gasteiger partial charge in [-0.15, -0.1) is 21.5 Å². The van der Waals surface area contributed by atoms with Crippen molar-refractivity contribution in [3.63, 3.8) is 0 Å². The number of carbonyl (C=O) groups excluding carboxylic acids is 1. The Hall–Kier alpha value is -3.40. The molecule has 1 N–H and O–H groups in total. The molecule has 1 amide bonds. The Kier molecular flexibility index (Phi) is 6.95. The minimum absolute atomic E-state index is 0.233. The summed E-state index contributed by atoms with van der Waals surface area (Å²) >= 11 is 9.23. The van der Waals surface area contributed by atoms with Crippen molar-refractivity contribution in [2.45, 2.75) is 31.7 Å². The minimum Gasteiger partial charge on any atom is -0.461 e. The summed E-state index contributed by atoms with van der Waals surface area (Å²) in [4.78, 5) is 17.3. The second-order valence-electron chi connectivity index (χ2n) is 8.22. The second kappa shape index (κ2) is 10.3. The van der Waals surface area contributed by atoms with Crippen molar-refractivity contribution in [1.29, 1.82) is 0 Å². The standard InChI is InChI=1S/C26H22ClN5O2S2/c1-15-7-9-19(11-17(15)3)28-25(33)20-13-35-23(29-20)14-36-26-31-30-24(22-5-4-10-34-22)32(26)21-12-18(27)8-6-16(21)2/h4-13H,14H2,1-3H3,(H,28,33). The Morgan fingerprint density at radius 1 is 1.08 bits per heavy atom. The Bertz CT molecular complexity index is 1540. The lowest BCUT2D eigenvalue weighted by Gasteiger charge is -2.12. The van der Waals surface area contributed by atoms with Gasteiger partial charge in [0.05, 0.1) is 17.7 Å². The van der Waals surface area contributed by atoms with Crippen molar-refractivity contribution in [1.82, 2.24) is 19.7 Å². The smallest absolute Gasteiger partial charge is 0.275 e. The number of aryl methyl sites for hydroxylation is 3. The topological polar surface area (TPSA) is 85.8 Å². The fourth-order valence-electron chi connectivity index (χ4n) is 3.59. The highest BCUT2D eigenvalue weighted by atomic mass is 35.5. The van der Waals surface area contributed by atoms with Crippen LogP contribution in [0.2, 0.25) is 5.02 Å². The average molecular weight is 536 g/mol. The number of thiazole rings is 1. The van der Waals surface area contributed by atoms with Gasteiger partial charge in [0.1, 0.15) is 10.7 Å². The molecule has 10 heteroatoms. The van der Waals surface area contributed by atoms with Gasteiger partial charge in [0.25, 0.3) is 5.91 Å². The third-order valence-electron chi connectivity index (χ3n) is 5.66. The number of thioether (sulfide) groups is 1.